The molecule has 0 radical (unpaired) electrons. The van der Waals surface area contributed by atoms with Gasteiger partial charge in [0.1, 0.15) is 17.8 Å². The van der Waals surface area contributed by atoms with Crippen LogP contribution in [0.5, 0.6) is 5.75 Å². The van der Waals surface area contributed by atoms with Gasteiger partial charge in [-0.25, -0.2) is 4.79 Å². The smallest absolute Gasteiger partial charge is 0.325 e. The Bertz CT molecular complexity index is 1290. The van der Waals surface area contributed by atoms with Gasteiger partial charge in [-0.05, 0) is 42.3 Å². The second-order valence-electron chi connectivity index (χ2n) is 8.44. The number of hydrogen-bond donors (Lipinski definition) is 3. The van der Waals surface area contributed by atoms with Gasteiger partial charge in [0.05, 0.1) is 18.4 Å². The minimum atomic E-state index is -1.32. The molecule has 1 aliphatic heterocycles. The molecule has 0 unspecified atom stereocenters. The normalized spacial score (nSPS) is 16.9. The highest BCUT2D eigenvalue weighted by atomic mass is 16.5. The number of nitrogens with one attached hydrogen (secondary N) is 3. The summed E-state index contributed by atoms with van der Waals surface area (Å²) in [5.41, 5.74) is 0.717. The number of hydrogen-bond acceptors (Lipinski definition) is 5. The van der Waals surface area contributed by atoms with Crippen molar-refractivity contribution in [1.82, 2.24) is 15.5 Å². The molecular formula is C27H26N4O5. The fourth-order valence-corrected chi connectivity index (χ4v) is 3.96. The van der Waals surface area contributed by atoms with Crippen molar-refractivity contribution >= 4 is 29.4 Å². The van der Waals surface area contributed by atoms with Crippen molar-refractivity contribution in [3.8, 4) is 5.75 Å². The molecule has 184 valence electrons. The Morgan fingerprint density at radius 3 is 2.31 bits per heavy atom. The zero-order chi connectivity index (χ0) is 25.7. The SMILES string of the molecule is COc1ccc([C@@]2(C)NC(=O)N(CC(=O)Nc3ccccc3C(=O)NCc3ccccc3)C2=O)cc1. The highest BCUT2D eigenvalue weighted by Crippen LogP contribution is 2.30. The average Bonchev–Trinajstić information content (AvgIpc) is 3.12. The number of urea groups is 1. The topological polar surface area (TPSA) is 117 Å². The standard InChI is InChI=1S/C27H26N4O5/c1-27(19-12-14-20(36-2)15-13-19)25(34)31(26(35)30-27)17-23(32)29-22-11-7-6-10-21(22)24(33)28-16-18-8-4-3-5-9-18/h3-15H,16-17H2,1-2H3,(H,28,33)(H,29,32)(H,30,35)/t27-/m1/s1. The van der Waals surface area contributed by atoms with E-state index < -0.39 is 29.9 Å². The lowest BCUT2D eigenvalue weighted by atomic mass is 9.92. The number of rotatable bonds is 8. The number of ether oxygens (including phenoxy) is 1. The fourth-order valence-electron chi connectivity index (χ4n) is 3.96. The van der Waals surface area contributed by atoms with Crippen LogP contribution in [0.25, 0.3) is 0 Å². The van der Waals surface area contributed by atoms with Crippen molar-refractivity contribution in [1.29, 1.82) is 0 Å². The molecule has 0 aromatic heterocycles. The number of anilines is 1. The molecule has 0 spiro atoms. The zero-order valence-electron chi connectivity index (χ0n) is 19.9. The van der Waals surface area contributed by atoms with E-state index >= 15 is 0 Å². The summed E-state index contributed by atoms with van der Waals surface area (Å²) in [6.45, 7) is 1.41. The number of carbonyl (C=O) groups excluding carboxylic acids is 4. The molecule has 3 N–H and O–H groups in total. The number of carbonyl (C=O) groups is 4. The van der Waals surface area contributed by atoms with Crippen LogP contribution in [0.4, 0.5) is 10.5 Å². The predicted octanol–water partition coefficient (Wildman–Crippen LogP) is 3.03. The van der Waals surface area contributed by atoms with Gasteiger partial charge in [0.2, 0.25) is 5.91 Å². The third-order valence-corrected chi connectivity index (χ3v) is 5.99. The molecule has 9 heteroatoms. The summed E-state index contributed by atoms with van der Waals surface area (Å²) >= 11 is 0. The number of para-hydroxylation sites is 1. The summed E-state index contributed by atoms with van der Waals surface area (Å²) < 4.78 is 5.14. The largest absolute Gasteiger partial charge is 0.497 e. The Hall–Kier alpha value is -4.66. The molecule has 1 fully saturated rings. The molecule has 1 heterocycles. The number of imide groups is 1. The van der Waals surface area contributed by atoms with E-state index in [4.69, 9.17) is 4.74 Å². The van der Waals surface area contributed by atoms with Gasteiger partial charge < -0.3 is 20.7 Å². The third kappa shape index (κ3) is 5.05. The van der Waals surface area contributed by atoms with Crippen molar-refractivity contribution in [2.24, 2.45) is 0 Å². The summed E-state index contributed by atoms with van der Waals surface area (Å²) in [7, 11) is 1.53. The first kappa shape index (κ1) is 24.5. The van der Waals surface area contributed by atoms with Crippen LogP contribution in [0.3, 0.4) is 0 Å². The predicted molar refractivity (Wildman–Crippen MR) is 133 cm³/mol. The van der Waals surface area contributed by atoms with Crippen LogP contribution in [-0.4, -0.2) is 42.3 Å². The molecule has 9 nitrogen and oxygen atoms in total. The molecule has 3 aromatic carbocycles. The van der Waals surface area contributed by atoms with Gasteiger partial charge in [0.15, 0.2) is 0 Å². The van der Waals surface area contributed by atoms with E-state index in [9.17, 15) is 19.2 Å². The van der Waals surface area contributed by atoms with Gasteiger partial charge in [-0.1, -0.05) is 54.6 Å². The molecule has 0 aliphatic carbocycles. The number of nitrogens with zero attached hydrogens (tertiary/aromatic N) is 1. The lowest BCUT2D eigenvalue weighted by molar-refractivity contribution is -0.133. The van der Waals surface area contributed by atoms with Crippen molar-refractivity contribution < 1.29 is 23.9 Å². The third-order valence-electron chi connectivity index (χ3n) is 5.99. The van der Waals surface area contributed by atoms with Gasteiger partial charge in [-0.15, -0.1) is 0 Å². The van der Waals surface area contributed by atoms with Crippen LogP contribution in [0.2, 0.25) is 0 Å². The summed E-state index contributed by atoms with van der Waals surface area (Å²) in [5.74, 6) is -0.916. The maximum Gasteiger partial charge on any atom is 0.325 e. The Labute approximate surface area is 208 Å². The summed E-state index contributed by atoms with van der Waals surface area (Å²) in [6, 6.07) is 22.0. The lowest BCUT2D eigenvalue weighted by Gasteiger charge is -2.22. The maximum absolute atomic E-state index is 13.1. The first-order valence-corrected chi connectivity index (χ1v) is 11.3. The molecule has 1 atom stereocenters. The molecule has 0 bridgehead atoms. The van der Waals surface area contributed by atoms with E-state index in [1.165, 1.54) is 7.11 Å². The van der Waals surface area contributed by atoms with Crippen molar-refractivity contribution in [2.45, 2.75) is 19.0 Å². The lowest BCUT2D eigenvalue weighted by Crippen LogP contribution is -2.42. The van der Waals surface area contributed by atoms with E-state index in [1.54, 1.807) is 55.5 Å². The van der Waals surface area contributed by atoms with Crippen LogP contribution in [-0.2, 0) is 21.7 Å². The molecule has 5 amide bonds. The zero-order valence-corrected chi connectivity index (χ0v) is 19.9. The molecule has 4 rings (SSSR count). The van der Waals surface area contributed by atoms with Crippen LogP contribution >= 0.6 is 0 Å². The monoisotopic (exact) mass is 486 g/mol. The minimum Gasteiger partial charge on any atom is -0.497 e. The Balaban J connectivity index is 1.43. The average molecular weight is 487 g/mol. The molecule has 0 saturated carbocycles. The highest BCUT2D eigenvalue weighted by molar-refractivity contribution is 6.11. The summed E-state index contributed by atoms with van der Waals surface area (Å²) in [4.78, 5) is 52.2. The number of amides is 5. The van der Waals surface area contributed by atoms with Crippen LogP contribution < -0.4 is 20.7 Å². The molecule has 1 saturated heterocycles. The van der Waals surface area contributed by atoms with Crippen molar-refractivity contribution in [3.63, 3.8) is 0 Å². The van der Waals surface area contributed by atoms with Gasteiger partial charge in [0, 0.05) is 6.54 Å². The van der Waals surface area contributed by atoms with Crippen LogP contribution in [0.15, 0.2) is 78.9 Å². The number of benzene rings is 3. The Morgan fingerprint density at radius 2 is 1.61 bits per heavy atom. The molecule has 36 heavy (non-hydrogen) atoms. The van der Waals surface area contributed by atoms with Crippen molar-refractivity contribution in [3.05, 3.63) is 95.6 Å². The molecule has 1 aliphatic rings. The van der Waals surface area contributed by atoms with E-state index in [1.807, 2.05) is 30.3 Å². The molecule has 3 aromatic rings. The summed E-state index contributed by atoms with van der Waals surface area (Å²) in [6.07, 6.45) is 0. The quantitative estimate of drug-likeness (QED) is 0.423. The van der Waals surface area contributed by atoms with Crippen LogP contribution in [0, 0.1) is 0 Å². The van der Waals surface area contributed by atoms with Crippen molar-refractivity contribution in [2.75, 3.05) is 19.0 Å². The second-order valence-corrected chi connectivity index (χ2v) is 8.44. The molecular weight excluding hydrogens is 460 g/mol. The van der Waals surface area contributed by atoms with Gasteiger partial charge in [0.25, 0.3) is 11.8 Å². The number of methoxy groups -OCH3 is 1. The first-order valence-electron chi connectivity index (χ1n) is 11.3. The van der Waals surface area contributed by atoms with E-state index in [-0.39, 0.29) is 17.2 Å². The summed E-state index contributed by atoms with van der Waals surface area (Å²) in [5, 5.41) is 8.14. The Morgan fingerprint density at radius 1 is 0.944 bits per heavy atom. The van der Waals surface area contributed by atoms with Gasteiger partial charge >= 0.3 is 6.03 Å². The van der Waals surface area contributed by atoms with Gasteiger partial charge in [-0.2, -0.15) is 0 Å². The first-order chi connectivity index (χ1) is 17.3. The van der Waals surface area contributed by atoms with E-state index in [0.29, 0.717) is 17.9 Å². The minimum absolute atomic E-state index is 0.266. The highest BCUT2D eigenvalue weighted by Gasteiger charge is 2.49. The maximum atomic E-state index is 13.1. The van der Waals surface area contributed by atoms with Crippen LogP contribution in [0.1, 0.15) is 28.4 Å². The van der Waals surface area contributed by atoms with Gasteiger partial charge in [-0.3, -0.25) is 19.3 Å². The van der Waals surface area contributed by atoms with E-state index in [0.717, 1.165) is 10.5 Å². The Kier molecular flexibility index (Phi) is 7.00. The van der Waals surface area contributed by atoms with E-state index in [2.05, 4.69) is 16.0 Å². The second kappa shape index (κ2) is 10.3. The fraction of sp³-hybridized carbons (Fsp3) is 0.185.